The van der Waals surface area contributed by atoms with Crippen LogP contribution in [-0.2, 0) is 43.2 Å². The summed E-state index contributed by atoms with van der Waals surface area (Å²) >= 11 is 0. The number of rotatable bonds is 8. The van der Waals surface area contributed by atoms with Crippen molar-refractivity contribution in [2.75, 3.05) is 27.3 Å². The van der Waals surface area contributed by atoms with E-state index in [0.29, 0.717) is 25.8 Å². The number of carbonyl (C=O) groups is 3. The van der Waals surface area contributed by atoms with E-state index in [9.17, 15) is 14.4 Å². The SMILES string of the molecule is C#CN(C)C(C(=O)N[C@H]1Cc2cccc(c2)-c2ccc3c(c2)c(c(-c2cnccc2[C@H](C)OC)n3CC)CC(C)(C)COC(=O)[C@@H]2CCCN(N2)C1=O)C(C)C. The Hall–Kier alpha value is -5.18. The summed E-state index contributed by atoms with van der Waals surface area (Å²) in [5.41, 5.74) is 10.9. The molecule has 1 fully saturated rings. The minimum Gasteiger partial charge on any atom is -0.464 e. The van der Waals surface area contributed by atoms with Gasteiger partial charge in [0.1, 0.15) is 18.1 Å². The van der Waals surface area contributed by atoms with E-state index in [4.69, 9.17) is 15.9 Å². The predicted octanol–water partition coefficient (Wildman–Crippen LogP) is 6.29. The highest BCUT2D eigenvalue weighted by Crippen LogP contribution is 2.42. The molecule has 11 nitrogen and oxygen atoms in total. The van der Waals surface area contributed by atoms with E-state index < -0.39 is 29.5 Å². The molecule has 1 saturated heterocycles. The molecular formula is C45H56N6O5. The van der Waals surface area contributed by atoms with Gasteiger partial charge in [-0.05, 0) is 85.0 Å². The number of nitrogens with zero attached hydrogens (tertiary/aromatic N) is 4. The van der Waals surface area contributed by atoms with E-state index in [1.165, 1.54) is 9.91 Å². The van der Waals surface area contributed by atoms with Crippen molar-refractivity contribution in [2.24, 2.45) is 11.3 Å². The van der Waals surface area contributed by atoms with Crippen LogP contribution in [0.5, 0.6) is 0 Å². The molecular weight excluding hydrogens is 705 g/mol. The number of esters is 1. The number of hydrogen-bond donors (Lipinski definition) is 2. The second kappa shape index (κ2) is 16.9. The zero-order chi connectivity index (χ0) is 40.3. The minimum atomic E-state index is -0.927. The van der Waals surface area contributed by atoms with Crippen LogP contribution in [0.4, 0.5) is 0 Å². The Labute approximate surface area is 331 Å². The maximum Gasteiger partial charge on any atom is 0.324 e. The summed E-state index contributed by atoms with van der Waals surface area (Å²) in [7, 11) is 3.41. The molecule has 6 bridgehead atoms. The molecule has 4 aromatic rings. The predicted molar refractivity (Wildman–Crippen MR) is 219 cm³/mol. The van der Waals surface area contributed by atoms with Gasteiger partial charge in [0.2, 0.25) is 5.91 Å². The summed E-state index contributed by atoms with van der Waals surface area (Å²) in [6.45, 7) is 13.6. The molecule has 2 aromatic carbocycles. The molecule has 6 rings (SSSR count). The number of cyclic esters (lactones) is 1. The first-order valence-corrected chi connectivity index (χ1v) is 19.7. The van der Waals surface area contributed by atoms with Crippen molar-refractivity contribution in [3.8, 4) is 34.9 Å². The van der Waals surface area contributed by atoms with Crippen molar-refractivity contribution in [1.29, 1.82) is 0 Å². The van der Waals surface area contributed by atoms with Gasteiger partial charge in [0.15, 0.2) is 0 Å². The summed E-state index contributed by atoms with van der Waals surface area (Å²) in [5.74, 6) is -1.19. The fraction of sp³-hybridized carbons (Fsp3) is 0.467. The Kier molecular flexibility index (Phi) is 12.2. The van der Waals surface area contributed by atoms with Crippen molar-refractivity contribution in [1.82, 2.24) is 30.2 Å². The first-order valence-electron chi connectivity index (χ1n) is 19.7. The molecule has 2 N–H and O–H groups in total. The lowest BCUT2D eigenvalue weighted by atomic mass is 9.84. The molecule has 4 atom stereocenters. The van der Waals surface area contributed by atoms with Crippen LogP contribution in [0.1, 0.15) is 77.2 Å². The number of pyridine rings is 1. The van der Waals surface area contributed by atoms with E-state index in [1.807, 2.05) is 45.2 Å². The summed E-state index contributed by atoms with van der Waals surface area (Å²) in [4.78, 5) is 48.1. The number of hydrazine groups is 1. The monoisotopic (exact) mass is 760 g/mol. The number of aromatic nitrogens is 2. The largest absolute Gasteiger partial charge is 0.464 e. The highest BCUT2D eigenvalue weighted by Gasteiger charge is 2.37. The van der Waals surface area contributed by atoms with Gasteiger partial charge in [-0.25, -0.2) is 5.43 Å². The smallest absolute Gasteiger partial charge is 0.324 e. The summed E-state index contributed by atoms with van der Waals surface area (Å²) in [6, 6.07) is 17.0. The Balaban J connectivity index is 1.51. The Morgan fingerprint density at radius 1 is 1.16 bits per heavy atom. The van der Waals surface area contributed by atoms with Crippen LogP contribution in [0, 0.1) is 23.8 Å². The van der Waals surface area contributed by atoms with E-state index >= 15 is 0 Å². The number of benzene rings is 2. The van der Waals surface area contributed by atoms with Gasteiger partial charge in [-0.15, -0.1) is 0 Å². The molecule has 0 aliphatic carbocycles. The molecule has 1 unspecified atom stereocenters. The molecule has 2 aromatic heterocycles. The number of amides is 2. The van der Waals surface area contributed by atoms with Gasteiger partial charge in [0.05, 0.1) is 18.4 Å². The van der Waals surface area contributed by atoms with Crippen LogP contribution in [-0.4, -0.2) is 82.7 Å². The maximum absolute atomic E-state index is 14.4. The molecule has 2 aliphatic rings. The molecule has 296 valence electrons. The van der Waals surface area contributed by atoms with Crippen LogP contribution in [0.2, 0.25) is 0 Å². The lowest BCUT2D eigenvalue weighted by Crippen LogP contribution is -2.61. The van der Waals surface area contributed by atoms with Gasteiger partial charge < -0.3 is 24.3 Å². The Bertz CT molecular complexity index is 2130. The molecule has 11 heteroatoms. The fourth-order valence-electron chi connectivity index (χ4n) is 8.28. The van der Waals surface area contributed by atoms with Crippen LogP contribution in [0.3, 0.4) is 0 Å². The molecule has 2 aliphatic heterocycles. The maximum atomic E-state index is 14.4. The van der Waals surface area contributed by atoms with Gasteiger partial charge in [-0.1, -0.05) is 64.5 Å². The zero-order valence-corrected chi connectivity index (χ0v) is 34.0. The second-order valence-electron chi connectivity index (χ2n) is 16.3. The van der Waals surface area contributed by atoms with Gasteiger partial charge in [-0.3, -0.25) is 24.4 Å². The second-order valence-corrected chi connectivity index (χ2v) is 16.3. The fourth-order valence-corrected chi connectivity index (χ4v) is 8.28. The average molecular weight is 761 g/mol. The van der Waals surface area contributed by atoms with E-state index in [-0.39, 0.29) is 36.9 Å². The topological polar surface area (TPSA) is 118 Å². The Morgan fingerprint density at radius 3 is 2.64 bits per heavy atom. The highest BCUT2D eigenvalue weighted by molar-refractivity contribution is 5.95. The summed E-state index contributed by atoms with van der Waals surface area (Å²) in [6.07, 6.45) is 11.3. The van der Waals surface area contributed by atoms with E-state index in [1.54, 1.807) is 20.4 Å². The summed E-state index contributed by atoms with van der Waals surface area (Å²) in [5, 5.41) is 5.62. The lowest BCUT2D eigenvalue weighted by Gasteiger charge is -2.36. The van der Waals surface area contributed by atoms with Crippen LogP contribution in [0.25, 0.3) is 33.3 Å². The minimum absolute atomic E-state index is 0.110. The van der Waals surface area contributed by atoms with Gasteiger partial charge in [-0.2, -0.15) is 0 Å². The average Bonchev–Trinajstić information content (AvgIpc) is 3.50. The number of carbonyl (C=O) groups excluding carboxylic acids is 3. The van der Waals surface area contributed by atoms with Crippen molar-refractivity contribution in [3.63, 3.8) is 0 Å². The van der Waals surface area contributed by atoms with Crippen LogP contribution < -0.4 is 10.7 Å². The highest BCUT2D eigenvalue weighted by atomic mass is 16.5. The molecule has 56 heavy (non-hydrogen) atoms. The lowest BCUT2D eigenvalue weighted by molar-refractivity contribution is -0.155. The zero-order valence-electron chi connectivity index (χ0n) is 34.0. The van der Waals surface area contributed by atoms with E-state index in [0.717, 1.165) is 56.5 Å². The number of likely N-dealkylation sites (N-methyl/N-ethyl adjacent to an activating group) is 1. The molecule has 0 saturated carbocycles. The number of ether oxygens (including phenoxy) is 2. The van der Waals surface area contributed by atoms with E-state index in [2.05, 4.69) is 77.4 Å². The normalized spacial score (nSPS) is 19.8. The molecule has 0 spiro atoms. The van der Waals surface area contributed by atoms with Crippen molar-refractivity contribution >= 4 is 28.7 Å². The van der Waals surface area contributed by atoms with Crippen LogP contribution in [0.15, 0.2) is 60.9 Å². The molecule has 2 amide bonds. The van der Waals surface area contributed by atoms with Gasteiger partial charge in [0.25, 0.3) is 5.91 Å². The first kappa shape index (κ1) is 40.5. The first-order chi connectivity index (χ1) is 26.8. The third-order valence-electron chi connectivity index (χ3n) is 11.2. The third-order valence-corrected chi connectivity index (χ3v) is 11.2. The number of terminal acetylenes is 1. The van der Waals surface area contributed by atoms with Crippen molar-refractivity contribution in [3.05, 3.63) is 77.6 Å². The summed E-state index contributed by atoms with van der Waals surface area (Å²) < 4.78 is 14.3. The number of aryl methyl sites for hydroxylation is 1. The number of methoxy groups -OCH3 is 1. The molecule has 0 radical (unpaired) electrons. The number of fused-ring (bicyclic) bond motifs is 6. The Morgan fingerprint density at radius 2 is 1.93 bits per heavy atom. The number of nitrogens with one attached hydrogen (secondary N) is 2. The number of hydrogen-bond acceptors (Lipinski definition) is 8. The third kappa shape index (κ3) is 8.32. The van der Waals surface area contributed by atoms with Gasteiger partial charge >= 0.3 is 5.97 Å². The molecule has 4 heterocycles. The standard InChI is InChI=1S/C45H56N6O5/c1-10-49(8)40(28(3)4)42(52)47-38-23-30-14-12-15-31(22-30)32-17-18-39-34(24-32)35(41(50(39)11-2)36-26-46-20-19-33(36)29(5)55-9)25-45(6,7)27-56-44(54)37-16-13-21-51(48-37)43(38)53/h1,12,14-15,17-20,22,24,26,28-29,37-38,40,48H,11,13,16,21,23,25,27H2,2-9H3,(H,47,52)/t29-,37-,38-,40?/m0/s1. The van der Waals surface area contributed by atoms with Crippen LogP contribution >= 0.6 is 0 Å². The van der Waals surface area contributed by atoms with Gasteiger partial charge in [0, 0.05) is 74.0 Å². The van der Waals surface area contributed by atoms with Crippen molar-refractivity contribution in [2.45, 2.75) is 98.0 Å². The van der Waals surface area contributed by atoms with Crippen molar-refractivity contribution < 1.29 is 23.9 Å². The quantitative estimate of drug-likeness (QED) is 0.122.